The number of ether oxygens (including phenoxy) is 4. The number of aliphatic hydroxyl groups is 1. The summed E-state index contributed by atoms with van der Waals surface area (Å²) in [7, 11) is -9.92. The predicted octanol–water partition coefficient (Wildman–Crippen LogP) is 24.0. The van der Waals surface area contributed by atoms with Gasteiger partial charge in [-0.25, -0.2) is 9.13 Å². The molecular formula is C81H158O17P2. The van der Waals surface area contributed by atoms with Gasteiger partial charge in [0.15, 0.2) is 12.2 Å². The van der Waals surface area contributed by atoms with Gasteiger partial charge in [0.2, 0.25) is 0 Å². The van der Waals surface area contributed by atoms with E-state index in [9.17, 15) is 43.2 Å². The first-order chi connectivity index (χ1) is 48.1. The van der Waals surface area contributed by atoms with Crippen LogP contribution in [0.3, 0.4) is 0 Å². The molecule has 0 rings (SSSR count). The molecule has 0 aliphatic rings. The largest absolute Gasteiger partial charge is 0.472 e. The Labute approximate surface area is 613 Å². The van der Waals surface area contributed by atoms with Crippen LogP contribution in [0.4, 0.5) is 0 Å². The van der Waals surface area contributed by atoms with Crippen molar-refractivity contribution in [3.63, 3.8) is 0 Å². The number of phosphoric ester groups is 2. The van der Waals surface area contributed by atoms with E-state index in [1.807, 2.05) is 0 Å². The number of hydrogen-bond acceptors (Lipinski definition) is 15. The number of carbonyl (C=O) groups is 4. The van der Waals surface area contributed by atoms with E-state index in [4.69, 9.17) is 37.0 Å². The van der Waals surface area contributed by atoms with Crippen molar-refractivity contribution in [1.82, 2.24) is 0 Å². The quantitative estimate of drug-likeness (QED) is 0.0222. The van der Waals surface area contributed by atoms with E-state index in [0.717, 1.165) is 114 Å². The van der Waals surface area contributed by atoms with Crippen molar-refractivity contribution in [2.75, 3.05) is 39.6 Å². The van der Waals surface area contributed by atoms with Crippen LogP contribution in [0.2, 0.25) is 0 Å². The van der Waals surface area contributed by atoms with Crippen LogP contribution in [0, 0.1) is 23.7 Å². The molecule has 0 saturated carbocycles. The maximum absolute atomic E-state index is 13.1. The van der Waals surface area contributed by atoms with Crippen molar-refractivity contribution in [2.45, 2.75) is 433 Å². The van der Waals surface area contributed by atoms with Crippen molar-refractivity contribution in [3.8, 4) is 0 Å². The van der Waals surface area contributed by atoms with E-state index in [2.05, 4.69) is 55.4 Å². The predicted molar refractivity (Wildman–Crippen MR) is 409 cm³/mol. The zero-order chi connectivity index (χ0) is 73.8. The van der Waals surface area contributed by atoms with Gasteiger partial charge in [-0.15, -0.1) is 0 Å². The molecule has 0 saturated heterocycles. The molecule has 0 fully saturated rings. The Balaban J connectivity index is 5.23. The summed E-state index contributed by atoms with van der Waals surface area (Å²) in [5, 5.41) is 10.6. The Kier molecular flexibility index (Phi) is 68.7. The number of esters is 4. The minimum absolute atomic E-state index is 0.105. The van der Waals surface area contributed by atoms with Crippen LogP contribution in [-0.4, -0.2) is 96.7 Å². The second-order valence-corrected chi connectivity index (χ2v) is 33.7. The monoisotopic (exact) mass is 1470 g/mol. The average molecular weight is 1470 g/mol. The topological polar surface area (TPSA) is 237 Å². The average Bonchev–Trinajstić information content (AvgIpc) is 0.923. The maximum Gasteiger partial charge on any atom is 0.472 e. The second kappa shape index (κ2) is 70.1. The number of phosphoric acid groups is 2. The molecule has 0 amide bonds. The molecule has 0 aromatic heterocycles. The van der Waals surface area contributed by atoms with Crippen molar-refractivity contribution >= 4 is 39.5 Å². The Bertz CT molecular complexity index is 1960. The van der Waals surface area contributed by atoms with Crippen molar-refractivity contribution < 1.29 is 80.2 Å². The Morgan fingerprint density at radius 2 is 0.480 bits per heavy atom. The third-order valence-electron chi connectivity index (χ3n) is 19.2. The summed E-state index contributed by atoms with van der Waals surface area (Å²) >= 11 is 0. The Morgan fingerprint density at radius 1 is 0.280 bits per heavy atom. The van der Waals surface area contributed by atoms with Crippen LogP contribution in [-0.2, 0) is 65.4 Å². The van der Waals surface area contributed by atoms with E-state index in [0.29, 0.717) is 31.6 Å². The lowest BCUT2D eigenvalue weighted by Gasteiger charge is -2.21. The molecule has 3 N–H and O–H groups in total. The van der Waals surface area contributed by atoms with Gasteiger partial charge >= 0.3 is 39.5 Å². The molecule has 594 valence electrons. The van der Waals surface area contributed by atoms with Crippen LogP contribution >= 0.6 is 15.6 Å². The van der Waals surface area contributed by atoms with Crippen molar-refractivity contribution in [3.05, 3.63) is 0 Å². The lowest BCUT2D eigenvalue weighted by atomic mass is 9.99. The SMILES string of the molecule is CCC(C)CCCCCCCCCCCCC(=O)O[C@H](COC(=O)CCCCCCCCC(C)C)COP(=O)(O)OC[C@H](O)COP(=O)(O)OC[C@@H](COC(=O)CCCCCCCCCCCCCCCCCC(C)C)OC(=O)CCCCCCCCCCCCCCCCCCC(C)C. The minimum Gasteiger partial charge on any atom is -0.462 e. The lowest BCUT2D eigenvalue weighted by molar-refractivity contribution is -0.161. The molecule has 0 bridgehead atoms. The summed E-state index contributed by atoms with van der Waals surface area (Å²) in [6.45, 7) is 14.2. The lowest BCUT2D eigenvalue weighted by Crippen LogP contribution is -2.30. The summed E-state index contributed by atoms with van der Waals surface area (Å²) in [4.78, 5) is 73.0. The van der Waals surface area contributed by atoms with Gasteiger partial charge in [0.1, 0.15) is 19.3 Å². The first-order valence-electron chi connectivity index (χ1n) is 41.7. The number of hydrogen-bond donors (Lipinski definition) is 3. The molecule has 0 aliphatic heterocycles. The van der Waals surface area contributed by atoms with E-state index >= 15 is 0 Å². The van der Waals surface area contributed by atoms with Gasteiger partial charge < -0.3 is 33.8 Å². The zero-order valence-electron chi connectivity index (χ0n) is 65.8. The zero-order valence-corrected chi connectivity index (χ0v) is 67.6. The smallest absolute Gasteiger partial charge is 0.462 e. The van der Waals surface area contributed by atoms with Crippen LogP contribution < -0.4 is 0 Å². The van der Waals surface area contributed by atoms with E-state index in [-0.39, 0.29) is 25.7 Å². The molecule has 0 heterocycles. The highest BCUT2D eigenvalue weighted by Crippen LogP contribution is 2.45. The van der Waals surface area contributed by atoms with Gasteiger partial charge in [-0.2, -0.15) is 0 Å². The standard InChI is InChI=1S/C81H158O17P2/c1-9-74(8)60-52-44-35-29-25-26-32-38-48-56-64-81(86)98-77(68-92-79(84)62-54-46-40-39-43-51-59-73(6)7)70-96-100(89,90)94-66-75(82)65-93-99(87,88)95-69-76(67-91-78(83)61-53-45-36-30-23-19-16-12-14-18-22-28-34-42-50-58-72(4)5)97-80(85)63-55-47-37-31-24-20-15-11-10-13-17-21-27-33-41-49-57-71(2)3/h71-77,82H,9-70H2,1-8H3,(H,87,88)(H,89,90)/t74?,75-,76-,77-/m1/s1. The maximum atomic E-state index is 13.1. The van der Waals surface area contributed by atoms with Crippen molar-refractivity contribution in [2.24, 2.45) is 23.7 Å². The second-order valence-electron chi connectivity index (χ2n) is 30.8. The highest BCUT2D eigenvalue weighted by Gasteiger charge is 2.30. The van der Waals surface area contributed by atoms with Gasteiger partial charge in [-0.3, -0.25) is 37.3 Å². The van der Waals surface area contributed by atoms with E-state index < -0.39 is 97.5 Å². The fraction of sp³-hybridized carbons (Fsp3) is 0.951. The summed E-state index contributed by atoms with van der Waals surface area (Å²) in [6.07, 6.45) is 57.0. The van der Waals surface area contributed by atoms with Gasteiger partial charge in [-0.05, 0) is 49.4 Å². The van der Waals surface area contributed by atoms with Crippen LogP contribution in [0.1, 0.15) is 415 Å². The Hall–Kier alpha value is -1.94. The fourth-order valence-electron chi connectivity index (χ4n) is 12.4. The summed E-state index contributed by atoms with van der Waals surface area (Å²) in [5.74, 6) is 0.982. The van der Waals surface area contributed by atoms with Gasteiger partial charge in [0, 0.05) is 25.7 Å². The molecule has 3 unspecified atom stereocenters. The van der Waals surface area contributed by atoms with E-state index in [1.54, 1.807) is 0 Å². The molecule has 6 atom stereocenters. The van der Waals surface area contributed by atoms with Gasteiger partial charge in [0.25, 0.3) is 0 Å². The number of aliphatic hydroxyl groups excluding tert-OH is 1. The van der Waals surface area contributed by atoms with Gasteiger partial charge in [0.05, 0.1) is 26.4 Å². The highest BCUT2D eigenvalue weighted by atomic mass is 31.2. The van der Waals surface area contributed by atoms with E-state index in [1.165, 1.54) is 212 Å². The first kappa shape index (κ1) is 98.1. The highest BCUT2D eigenvalue weighted by molar-refractivity contribution is 7.47. The molecule has 0 aromatic rings. The third kappa shape index (κ3) is 73.0. The molecule has 19 heteroatoms. The van der Waals surface area contributed by atoms with Crippen LogP contribution in [0.25, 0.3) is 0 Å². The summed E-state index contributed by atoms with van der Waals surface area (Å²) in [5.41, 5.74) is 0. The Morgan fingerprint density at radius 3 is 0.710 bits per heavy atom. The minimum atomic E-state index is -4.96. The molecule has 100 heavy (non-hydrogen) atoms. The number of unbranched alkanes of at least 4 members (excludes halogenated alkanes) is 43. The molecule has 0 spiro atoms. The molecular weight excluding hydrogens is 1310 g/mol. The molecule has 0 aliphatic carbocycles. The van der Waals surface area contributed by atoms with Crippen molar-refractivity contribution in [1.29, 1.82) is 0 Å². The van der Waals surface area contributed by atoms with Crippen LogP contribution in [0.15, 0.2) is 0 Å². The number of carbonyl (C=O) groups excluding carboxylic acids is 4. The summed E-state index contributed by atoms with van der Waals surface area (Å²) < 4.78 is 68.7. The number of rotatable bonds is 78. The third-order valence-corrected chi connectivity index (χ3v) is 21.1. The first-order valence-corrected chi connectivity index (χ1v) is 44.7. The summed E-state index contributed by atoms with van der Waals surface area (Å²) in [6, 6.07) is 0. The molecule has 0 aromatic carbocycles. The van der Waals surface area contributed by atoms with Crippen LogP contribution in [0.5, 0.6) is 0 Å². The van der Waals surface area contributed by atoms with Gasteiger partial charge in [-0.1, -0.05) is 364 Å². The molecule has 0 radical (unpaired) electrons. The normalized spacial score (nSPS) is 14.3. The fourth-order valence-corrected chi connectivity index (χ4v) is 14.0. The molecule has 17 nitrogen and oxygen atoms in total.